The van der Waals surface area contributed by atoms with Crippen LogP contribution in [0.15, 0.2) is 82.7 Å². The van der Waals surface area contributed by atoms with Crippen LogP contribution in [0.5, 0.6) is 0 Å². The Balaban J connectivity index is 0. The molecule has 2 aliphatic rings. The van der Waals surface area contributed by atoms with Gasteiger partial charge < -0.3 is 47.3 Å². The van der Waals surface area contributed by atoms with Gasteiger partial charge in [0.25, 0.3) is 0 Å². The summed E-state index contributed by atoms with van der Waals surface area (Å²) in [6.45, 7) is 17.8. The average Bonchev–Trinajstić information content (AvgIpc) is 3.60. The second-order valence-electron chi connectivity index (χ2n) is 16.3. The number of ether oxygens (including phenoxy) is 1. The number of carbonyl (C=O) groups excluding carboxylic acids is 3. The number of halogens is 1. The van der Waals surface area contributed by atoms with Gasteiger partial charge in [-0.1, -0.05) is 63.3 Å². The van der Waals surface area contributed by atoms with Crippen molar-refractivity contribution in [2.75, 3.05) is 50.7 Å². The van der Waals surface area contributed by atoms with E-state index >= 15 is 0 Å². The SMILES string of the molecule is C.C=O.CC1CCN(C)C(C)(C)C1.CCC1=CC=CC(NCCC(CCN)c2ccc3c(c2)c(C)nn3N)C1.CO.Cc1cccc(N=C/C(OCC=O)=C(\N)C(=O)O)c1.O=CCCC[I-]O. The molecular weight excluding hydrogens is 968 g/mol. The van der Waals surface area contributed by atoms with Crippen LogP contribution in [0, 0.1) is 19.8 Å². The maximum atomic E-state index is 10.8. The van der Waals surface area contributed by atoms with E-state index in [1.54, 1.807) is 6.07 Å². The van der Waals surface area contributed by atoms with Crippen LogP contribution in [0.4, 0.5) is 5.69 Å². The van der Waals surface area contributed by atoms with Crippen molar-refractivity contribution < 1.29 is 59.2 Å². The van der Waals surface area contributed by atoms with Crippen molar-refractivity contribution in [3.63, 3.8) is 0 Å². The molecule has 0 bridgehead atoms. The molecule has 1 saturated heterocycles. The minimum atomic E-state index is -1.34. The Kier molecular flexibility index (Phi) is 35.7. The molecule has 0 saturated carbocycles. The van der Waals surface area contributed by atoms with Crippen LogP contribution in [0.25, 0.3) is 10.9 Å². The number of fused-ring (bicyclic) bond motifs is 1. The molecule has 0 spiro atoms. The van der Waals surface area contributed by atoms with Gasteiger partial charge in [-0.2, -0.15) is 9.89 Å². The van der Waals surface area contributed by atoms with Crippen molar-refractivity contribution in [3.05, 3.63) is 94.5 Å². The summed E-state index contributed by atoms with van der Waals surface area (Å²) >= 11 is -0.564. The molecule has 3 atom stereocenters. The summed E-state index contributed by atoms with van der Waals surface area (Å²) in [6, 6.07) is 14.2. The maximum absolute atomic E-state index is 10.8. The fourth-order valence-corrected chi connectivity index (χ4v) is 7.92. The van der Waals surface area contributed by atoms with Crippen LogP contribution in [-0.2, 0) is 23.9 Å². The topological polar surface area (TPSA) is 262 Å². The van der Waals surface area contributed by atoms with Gasteiger partial charge in [0.1, 0.15) is 13.4 Å². The molecule has 0 amide bonds. The van der Waals surface area contributed by atoms with Crippen LogP contribution in [-0.4, -0.2) is 116 Å². The Morgan fingerprint density at radius 3 is 2.40 bits per heavy atom. The zero-order valence-corrected chi connectivity index (χ0v) is 42.6. The van der Waals surface area contributed by atoms with Gasteiger partial charge in [0, 0.05) is 24.1 Å². The monoisotopic (exact) mass is 1050 g/mol. The van der Waals surface area contributed by atoms with Gasteiger partial charge in [0.15, 0.2) is 17.7 Å². The molecule has 2 heterocycles. The number of carbonyl (C=O) groups is 4. The number of aldehydes is 2. The second-order valence-corrected chi connectivity index (χ2v) is 18.1. The summed E-state index contributed by atoms with van der Waals surface area (Å²) in [5.41, 5.74) is 17.6. The molecule has 1 aliphatic heterocycles. The fraction of sp³-hybridized carbons (Fsp3) is 0.520. The number of piperidine rings is 1. The first kappa shape index (κ1) is 64.3. The van der Waals surface area contributed by atoms with Gasteiger partial charge in [-0.3, -0.25) is 9.79 Å². The van der Waals surface area contributed by atoms with Gasteiger partial charge in [-0.15, -0.1) is 0 Å². The molecule has 1 aliphatic carbocycles. The molecule has 3 aromatic rings. The number of benzene rings is 2. The molecule has 10 N–H and O–H groups in total. The summed E-state index contributed by atoms with van der Waals surface area (Å²) in [5, 5.41) is 24.9. The Labute approximate surface area is 411 Å². The van der Waals surface area contributed by atoms with E-state index in [1.165, 1.54) is 41.5 Å². The number of nitrogens with two attached hydrogens (primary N) is 3. The van der Waals surface area contributed by atoms with E-state index in [0.29, 0.717) is 42.4 Å². The molecule has 67 heavy (non-hydrogen) atoms. The summed E-state index contributed by atoms with van der Waals surface area (Å²) < 4.78 is 14.1. The normalized spacial score (nSPS) is 16.7. The summed E-state index contributed by atoms with van der Waals surface area (Å²) in [7, 11) is 3.23. The molecule has 17 heteroatoms. The van der Waals surface area contributed by atoms with Gasteiger partial charge in [0.05, 0.1) is 23.1 Å². The molecule has 0 radical (unpaired) electrons. The third-order valence-corrected chi connectivity index (χ3v) is 12.2. The van der Waals surface area contributed by atoms with Crippen LogP contribution >= 0.6 is 0 Å². The van der Waals surface area contributed by atoms with Crippen molar-refractivity contribution in [2.45, 2.75) is 118 Å². The molecule has 16 nitrogen and oxygen atoms in total. The summed E-state index contributed by atoms with van der Waals surface area (Å²) in [6.07, 6.45) is 17.8. The van der Waals surface area contributed by atoms with E-state index in [1.807, 2.05) is 38.8 Å². The number of aromatic nitrogens is 2. The van der Waals surface area contributed by atoms with Crippen molar-refractivity contribution in [1.29, 1.82) is 0 Å². The number of rotatable bonds is 18. The minimum absolute atomic E-state index is 0. The molecule has 1 aromatic heterocycles. The molecular formula is C50H82IN8O8-. The van der Waals surface area contributed by atoms with Crippen LogP contribution in [0.3, 0.4) is 0 Å². The number of carboxylic acid groups (broad SMARTS) is 1. The Morgan fingerprint density at radius 1 is 1.13 bits per heavy atom. The molecule has 2 aromatic carbocycles. The third kappa shape index (κ3) is 25.2. The van der Waals surface area contributed by atoms with Gasteiger partial charge in [-0.05, 0) is 140 Å². The zero-order valence-electron chi connectivity index (χ0n) is 40.4. The molecule has 1 fully saturated rings. The van der Waals surface area contributed by atoms with E-state index in [-0.39, 0.29) is 19.8 Å². The van der Waals surface area contributed by atoms with E-state index in [2.05, 4.69) is 91.5 Å². The molecule has 3 unspecified atom stereocenters. The number of aliphatic hydroxyl groups is 1. The number of likely N-dealkylation sites (tertiary alicyclic amines) is 1. The Bertz CT molecular complexity index is 1980. The number of carboxylic acids is 1. The van der Waals surface area contributed by atoms with E-state index in [9.17, 15) is 14.4 Å². The first-order valence-electron chi connectivity index (χ1n) is 22.2. The summed E-state index contributed by atoms with van der Waals surface area (Å²) in [4.78, 5) is 46.6. The second kappa shape index (κ2) is 37.2. The number of hydrogen-bond donors (Lipinski definition) is 7. The third-order valence-electron chi connectivity index (χ3n) is 10.9. The van der Waals surface area contributed by atoms with Crippen molar-refractivity contribution in [2.24, 2.45) is 22.4 Å². The first-order chi connectivity index (χ1) is 31.6. The van der Waals surface area contributed by atoms with Crippen molar-refractivity contribution >= 4 is 48.1 Å². The fourth-order valence-electron chi connectivity index (χ4n) is 7.14. The number of hydrogen-bond acceptors (Lipinski definition) is 14. The van der Waals surface area contributed by atoms with Gasteiger partial charge >= 0.3 is 59.4 Å². The van der Waals surface area contributed by atoms with Crippen LogP contribution in [0.2, 0.25) is 0 Å². The van der Waals surface area contributed by atoms with Crippen molar-refractivity contribution in [3.8, 4) is 0 Å². The Morgan fingerprint density at radius 2 is 1.84 bits per heavy atom. The van der Waals surface area contributed by atoms with Gasteiger partial charge in [0.2, 0.25) is 0 Å². The number of aryl methyl sites for hydroxylation is 2. The summed E-state index contributed by atoms with van der Waals surface area (Å²) in [5.74, 6) is 5.80. The zero-order chi connectivity index (χ0) is 50.1. The predicted molar refractivity (Wildman–Crippen MR) is 269 cm³/mol. The molecule has 378 valence electrons. The quantitative estimate of drug-likeness (QED) is 0.0141. The van der Waals surface area contributed by atoms with Crippen LogP contribution in [0.1, 0.15) is 109 Å². The number of allylic oxidation sites excluding steroid dienone is 3. The number of unbranched alkanes of at least 4 members (excludes halogenated alkanes) is 1. The number of nitrogens with zero attached hydrogens (tertiary/aromatic N) is 4. The standard InChI is InChI=1S/C21H31N5.C13H14N2O4.C9H19N.C4H8IO2.CH4O.CH2O.CH4/c1-3-16-5-4-6-19(13-16)24-12-10-17(9-11-22)18-7-8-21-20(14-18)15(2)25-26(21)23;1-9-3-2-4-10(7-9)15-8-11(19-6-5-16)12(14)13(17)18;1-8-5-6-10(4)9(2,3)7-8;6-4-2-1-3-5-7;2*1-2;/h4-8,14,17,19,24H,3,9-13,22-23H2,1-2H3;2-5,7-8H,6,14H2,1H3,(H,17,18);8H,5-7H2,1-4H3;4,7H,1-3H2;2H,1H3;1H2;1H4/q;;;-1;;;/b;12-11+,15-8?;;;;;. The Hall–Kier alpha value is -4.79. The number of aliphatic carboxylic acids is 1. The van der Waals surface area contributed by atoms with Crippen LogP contribution < -0.4 is 44.2 Å². The number of aliphatic imine (C=N–C) groups is 1. The number of nitrogens with one attached hydrogen (secondary N) is 1. The van der Waals surface area contributed by atoms with Gasteiger partial charge in [-0.25, -0.2) is 4.79 Å². The first-order valence-corrected chi connectivity index (χ1v) is 24.6. The predicted octanol–water partition coefficient (Wildman–Crippen LogP) is 3.45. The van der Waals surface area contributed by atoms with E-state index < -0.39 is 33.3 Å². The molecule has 5 rings (SSSR count). The van der Waals surface area contributed by atoms with E-state index in [0.717, 1.165) is 84.6 Å². The number of nitrogen functional groups attached to an aromatic ring is 1. The van der Waals surface area contributed by atoms with E-state index in [4.69, 9.17) is 40.5 Å². The average molecular weight is 1050 g/mol. The number of aliphatic hydroxyl groups excluding tert-OH is 1. The number of alkyl halides is 1. The van der Waals surface area contributed by atoms with Crippen molar-refractivity contribution in [1.82, 2.24) is 20.1 Å².